The van der Waals surface area contributed by atoms with Crippen LogP contribution in [0, 0.1) is 0 Å². The number of aromatic hydroxyl groups is 2. The molecule has 4 heterocycles. The number of nitrogens with zero attached hydrogens (tertiary/aromatic N) is 8. The predicted molar refractivity (Wildman–Crippen MR) is 281 cm³/mol. The van der Waals surface area contributed by atoms with Gasteiger partial charge < -0.3 is 40.1 Å². The van der Waals surface area contributed by atoms with Gasteiger partial charge in [0.2, 0.25) is 0 Å². The summed E-state index contributed by atoms with van der Waals surface area (Å²) in [6, 6.07) is 53.1. The van der Waals surface area contributed by atoms with E-state index in [1.165, 1.54) is 50.9 Å². The van der Waals surface area contributed by atoms with Crippen molar-refractivity contribution in [3.05, 3.63) is 254 Å². The Hall–Kier alpha value is -8.64. The summed E-state index contributed by atoms with van der Waals surface area (Å²) in [7, 11) is 2.79. The van der Waals surface area contributed by atoms with Gasteiger partial charge in [0, 0.05) is 72.5 Å². The summed E-state index contributed by atoms with van der Waals surface area (Å²) >= 11 is 0. The number of hydrogen-bond donors (Lipinski definition) is 2. The van der Waals surface area contributed by atoms with Gasteiger partial charge in [0.25, 0.3) is 0 Å². The van der Waals surface area contributed by atoms with Crippen LogP contribution in [0.3, 0.4) is 0 Å². The molecule has 0 aliphatic heterocycles. The third-order valence-electron chi connectivity index (χ3n) is 9.60. The van der Waals surface area contributed by atoms with Crippen LogP contribution in [0.4, 0.5) is 0 Å². The SMILES string of the molecule is COc1cccc(/C=N/N=C(\[O-])c2cc3ccccc3cc2O)c1[O-].COc1cccc(/C=N/N=C(\[O-])c2cc3ccccc3cc2O)c1[O-].[Cd+2].[Cd+2].c1ccncc1.c1ccncc1.c1ccncc1.c1ccncc1. The second-order valence-electron chi connectivity index (χ2n) is 14.6. The van der Waals surface area contributed by atoms with E-state index in [-0.39, 0.29) is 111 Å². The predicted octanol–water partition coefficient (Wildman–Crippen LogP) is 7.86. The van der Waals surface area contributed by atoms with E-state index in [0.29, 0.717) is 0 Å². The zero-order valence-electron chi connectivity index (χ0n) is 41.4. The van der Waals surface area contributed by atoms with Crippen LogP contribution >= 0.6 is 0 Å². The van der Waals surface area contributed by atoms with Crippen molar-refractivity contribution >= 4 is 45.8 Å². The molecular weight excluding hydrogens is 1160 g/mol. The van der Waals surface area contributed by atoms with Crippen molar-refractivity contribution in [1.82, 2.24) is 19.9 Å². The van der Waals surface area contributed by atoms with Crippen LogP contribution in [0.1, 0.15) is 22.3 Å². The van der Waals surface area contributed by atoms with Crippen molar-refractivity contribution in [3.63, 3.8) is 0 Å². The van der Waals surface area contributed by atoms with Crippen LogP contribution in [0.5, 0.6) is 34.5 Å². The Morgan fingerprint density at radius 1 is 0.408 bits per heavy atom. The summed E-state index contributed by atoms with van der Waals surface area (Å²) in [5, 5.41) is 85.9. The summed E-state index contributed by atoms with van der Waals surface area (Å²) in [5.41, 5.74) is 0.588. The number of para-hydroxylation sites is 2. The first kappa shape index (κ1) is 61.7. The van der Waals surface area contributed by atoms with E-state index in [1.807, 2.05) is 121 Å². The van der Waals surface area contributed by atoms with Crippen molar-refractivity contribution in [3.8, 4) is 34.5 Å². The van der Waals surface area contributed by atoms with Crippen LogP contribution in [-0.4, -0.2) is 68.6 Å². The molecule has 0 radical (unpaired) electrons. The minimum atomic E-state index is -0.699. The maximum atomic E-state index is 12.2. The smallest absolute Gasteiger partial charge is 0.870 e. The van der Waals surface area contributed by atoms with Gasteiger partial charge in [0.1, 0.15) is 23.0 Å². The number of pyridine rings is 4. The quantitative estimate of drug-likeness (QED) is 0.0638. The number of rotatable bonds is 8. The van der Waals surface area contributed by atoms with Gasteiger partial charge in [0.15, 0.2) is 0 Å². The molecule has 0 aliphatic rings. The molecule has 18 heteroatoms. The summed E-state index contributed by atoms with van der Waals surface area (Å²) in [5.74, 6) is -2.06. The normalized spacial score (nSPS) is 10.4. The van der Waals surface area contributed by atoms with Gasteiger partial charge in [-0.05, 0) is 118 Å². The largest absolute Gasteiger partial charge is 2.00 e. The number of methoxy groups -OCH3 is 2. The Morgan fingerprint density at radius 3 is 0.947 bits per heavy atom. The minimum absolute atomic E-state index is 0. The molecule has 0 amide bonds. The Morgan fingerprint density at radius 2 is 0.697 bits per heavy atom. The van der Waals surface area contributed by atoms with Gasteiger partial charge in [-0.3, -0.25) is 19.9 Å². The van der Waals surface area contributed by atoms with Gasteiger partial charge in [-0.2, -0.15) is 20.4 Å². The molecule has 0 aliphatic carbocycles. The van der Waals surface area contributed by atoms with Gasteiger partial charge in [-0.25, -0.2) is 0 Å². The Balaban J connectivity index is 0.000000273. The van der Waals surface area contributed by atoms with E-state index in [4.69, 9.17) is 9.47 Å². The van der Waals surface area contributed by atoms with Crippen LogP contribution in [0.15, 0.2) is 252 Å². The van der Waals surface area contributed by atoms with Crippen molar-refractivity contribution in [2.45, 2.75) is 0 Å². The van der Waals surface area contributed by atoms with Crippen molar-refractivity contribution in [2.24, 2.45) is 20.4 Å². The van der Waals surface area contributed by atoms with E-state index in [0.717, 1.165) is 21.5 Å². The van der Waals surface area contributed by atoms with Gasteiger partial charge in [-0.1, -0.05) is 109 Å². The summed E-state index contributed by atoms with van der Waals surface area (Å²) < 4.78 is 9.87. The molecule has 2 N–H and O–H groups in total. The molecule has 0 bridgehead atoms. The fourth-order valence-corrected chi connectivity index (χ4v) is 6.03. The maximum Gasteiger partial charge on any atom is 2.00 e. The molecule has 6 aromatic carbocycles. The summed E-state index contributed by atoms with van der Waals surface area (Å²) in [6.07, 6.45) is 16.4. The number of phenols is 2. The molecule has 0 unspecified atom stereocenters. The van der Waals surface area contributed by atoms with E-state index in [9.17, 15) is 30.6 Å². The first-order valence-electron chi connectivity index (χ1n) is 22.3. The summed E-state index contributed by atoms with van der Waals surface area (Å²) in [6.45, 7) is 0. The zero-order chi connectivity index (χ0) is 52.6. The zero-order valence-corrected chi connectivity index (χ0v) is 49.5. The molecule has 10 aromatic rings. The molecular formula is C58H48Cd2N8O8. The fraction of sp³-hybridized carbons (Fsp3) is 0.0345. The van der Waals surface area contributed by atoms with E-state index < -0.39 is 11.8 Å². The monoisotopic (exact) mass is 1210 g/mol. The third-order valence-corrected chi connectivity index (χ3v) is 9.60. The van der Waals surface area contributed by atoms with Crippen LogP contribution < -0.4 is 29.9 Å². The molecule has 4 aromatic heterocycles. The van der Waals surface area contributed by atoms with E-state index in [1.54, 1.807) is 86.0 Å². The van der Waals surface area contributed by atoms with Gasteiger partial charge >= 0.3 is 54.6 Å². The number of phenolic OH excluding ortho intramolecular Hbond substituents is 2. The van der Waals surface area contributed by atoms with Crippen molar-refractivity contribution in [1.29, 1.82) is 0 Å². The van der Waals surface area contributed by atoms with Crippen molar-refractivity contribution < 1.29 is 94.7 Å². The molecule has 10 rings (SSSR count). The molecule has 16 nitrogen and oxygen atoms in total. The molecule has 0 saturated heterocycles. The van der Waals surface area contributed by atoms with Crippen molar-refractivity contribution in [2.75, 3.05) is 14.2 Å². The van der Waals surface area contributed by atoms with Crippen LogP contribution in [0.2, 0.25) is 0 Å². The standard InChI is InChI=1S/2C19H16N2O4.4C5H5N.2Cd/c2*1-25-17-8-4-7-14(18(17)23)11-20-21-19(24)15-9-12-5-2-3-6-13(12)10-16(15)22;4*1-2-4-6-5-3-1;;/h2*2-11,22-23H,1H3,(H,21,24);4*1-5H;;/q;;;;;;2*+2/p-4/b2*20-11+;;;;;;. The topological polar surface area (TPSA) is 252 Å². The van der Waals surface area contributed by atoms with Gasteiger partial charge in [-0.15, -0.1) is 0 Å². The first-order valence-corrected chi connectivity index (χ1v) is 22.3. The van der Waals surface area contributed by atoms with Crippen LogP contribution in [0.25, 0.3) is 21.5 Å². The second kappa shape index (κ2) is 35.5. The fourth-order valence-electron chi connectivity index (χ4n) is 6.03. The van der Waals surface area contributed by atoms with Crippen LogP contribution in [-0.2, 0) is 54.6 Å². The number of ether oxygens (including phenoxy) is 2. The Bertz CT molecular complexity index is 2950. The Kier molecular flexibility index (Phi) is 28.8. The number of aromatic nitrogens is 4. The van der Waals surface area contributed by atoms with E-state index >= 15 is 0 Å². The Labute approximate surface area is 479 Å². The molecule has 76 heavy (non-hydrogen) atoms. The maximum absolute atomic E-state index is 12.2. The average Bonchev–Trinajstić information content (AvgIpc) is 3.46. The molecule has 0 saturated carbocycles. The number of hydrogen-bond acceptors (Lipinski definition) is 16. The number of benzene rings is 6. The molecule has 0 fully saturated rings. The first-order chi connectivity index (χ1) is 36.2. The van der Waals surface area contributed by atoms with E-state index in [2.05, 4.69) is 40.3 Å². The minimum Gasteiger partial charge on any atom is -0.870 e. The molecule has 0 spiro atoms. The molecule has 372 valence electrons. The average molecular weight is 1210 g/mol. The molecule has 0 atom stereocenters. The third kappa shape index (κ3) is 21.1. The summed E-state index contributed by atoms with van der Waals surface area (Å²) in [4.78, 5) is 15.1. The second-order valence-corrected chi connectivity index (χ2v) is 14.6. The number of fused-ring (bicyclic) bond motifs is 2. The van der Waals surface area contributed by atoms with Gasteiger partial charge in [0.05, 0.1) is 26.6 Å².